The number of fused-ring (bicyclic) bond motifs is 1. The lowest BCUT2D eigenvalue weighted by molar-refractivity contribution is 0.851. The van der Waals surface area contributed by atoms with E-state index in [1.54, 1.807) is 0 Å². The zero-order valence-corrected chi connectivity index (χ0v) is 10.5. The van der Waals surface area contributed by atoms with Crippen LogP contribution >= 0.6 is 15.9 Å². The number of halogens is 1. The Balaban J connectivity index is 2.28. The zero-order valence-electron chi connectivity index (χ0n) is 8.87. The second-order valence-electron chi connectivity index (χ2n) is 3.74. The summed E-state index contributed by atoms with van der Waals surface area (Å²) in [6, 6.07) is 8.06. The van der Waals surface area contributed by atoms with Gasteiger partial charge >= 0.3 is 0 Å². The van der Waals surface area contributed by atoms with E-state index in [1.807, 2.05) is 31.3 Å². The van der Waals surface area contributed by atoms with Gasteiger partial charge in [0.15, 0.2) is 0 Å². The van der Waals surface area contributed by atoms with Gasteiger partial charge in [-0.15, -0.1) is 0 Å². The van der Waals surface area contributed by atoms with Crippen LogP contribution in [-0.2, 0) is 0 Å². The normalized spacial score (nSPS) is 13.0. The predicted molar refractivity (Wildman–Crippen MR) is 67.8 cm³/mol. The van der Waals surface area contributed by atoms with Crippen LogP contribution in [0.5, 0.6) is 0 Å². The van der Waals surface area contributed by atoms with Crippen molar-refractivity contribution < 1.29 is 0 Å². The molecule has 0 fully saturated rings. The molecule has 2 aromatic rings. The highest BCUT2D eigenvalue weighted by atomic mass is 79.9. The van der Waals surface area contributed by atoms with Crippen molar-refractivity contribution in [3.05, 3.63) is 24.3 Å². The lowest BCUT2D eigenvalue weighted by atomic mass is 10.3. The van der Waals surface area contributed by atoms with Crippen LogP contribution in [0.1, 0.15) is 6.92 Å². The summed E-state index contributed by atoms with van der Waals surface area (Å²) in [6.45, 7) is 3.05. The number of aromatic nitrogens is 2. The van der Waals surface area contributed by atoms with E-state index in [4.69, 9.17) is 0 Å². The van der Waals surface area contributed by atoms with Crippen molar-refractivity contribution in [1.29, 1.82) is 0 Å². The van der Waals surface area contributed by atoms with Gasteiger partial charge in [-0.25, -0.2) is 4.98 Å². The Labute approximate surface area is 97.6 Å². The maximum Gasteiger partial charge on any atom is 0.203 e. The second kappa shape index (κ2) is 4.23. The number of nitrogens with one attached hydrogen (secondary N) is 1. The number of hydrogen-bond donors (Lipinski definition) is 1. The molecular formula is C11H14BrN3. The van der Waals surface area contributed by atoms with Crippen molar-refractivity contribution in [3.63, 3.8) is 0 Å². The molecule has 15 heavy (non-hydrogen) atoms. The van der Waals surface area contributed by atoms with E-state index in [2.05, 4.69) is 37.7 Å². The smallest absolute Gasteiger partial charge is 0.203 e. The number of anilines is 1. The Kier molecular flexibility index (Phi) is 2.95. The fourth-order valence-electron chi connectivity index (χ4n) is 1.58. The molecule has 80 valence electrons. The van der Waals surface area contributed by atoms with E-state index in [9.17, 15) is 0 Å². The van der Waals surface area contributed by atoms with Crippen LogP contribution in [0.3, 0.4) is 0 Å². The maximum atomic E-state index is 4.52. The highest BCUT2D eigenvalue weighted by Gasteiger charge is 2.08. The van der Waals surface area contributed by atoms with Crippen LogP contribution in [0.25, 0.3) is 11.0 Å². The fraction of sp³-hybridized carbons (Fsp3) is 0.364. The first-order valence-corrected chi connectivity index (χ1v) is 5.88. The van der Waals surface area contributed by atoms with Crippen LogP contribution in [0.4, 0.5) is 5.95 Å². The monoisotopic (exact) mass is 267 g/mol. The number of nitrogens with zero attached hydrogens (tertiary/aromatic N) is 2. The number of aromatic amines is 1. The molecule has 1 aromatic heterocycles. The SMILES string of the molecule is CC(Br)CN(C)c1nc2ccccc2[nH]1. The van der Waals surface area contributed by atoms with Gasteiger partial charge in [-0.3, -0.25) is 0 Å². The number of hydrogen-bond acceptors (Lipinski definition) is 2. The van der Waals surface area contributed by atoms with E-state index in [0.29, 0.717) is 4.83 Å². The summed E-state index contributed by atoms with van der Waals surface area (Å²) in [5.74, 6) is 0.919. The Morgan fingerprint density at radius 2 is 2.20 bits per heavy atom. The van der Waals surface area contributed by atoms with E-state index in [1.165, 1.54) is 0 Å². The summed E-state index contributed by atoms with van der Waals surface area (Å²) in [7, 11) is 2.04. The van der Waals surface area contributed by atoms with Gasteiger partial charge in [0.2, 0.25) is 5.95 Å². The lowest BCUT2D eigenvalue weighted by Crippen LogP contribution is -2.24. The molecule has 0 aliphatic rings. The first-order valence-electron chi connectivity index (χ1n) is 4.97. The summed E-state index contributed by atoms with van der Waals surface area (Å²) in [4.78, 5) is 10.4. The Morgan fingerprint density at radius 3 is 2.87 bits per heavy atom. The largest absolute Gasteiger partial charge is 0.344 e. The molecule has 0 aliphatic heterocycles. The summed E-state index contributed by atoms with van der Waals surface area (Å²) < 4.78 is 0. The quantitative estimate of drug-likeness (QED) is 0.868. The van der Waals surface area contributed by atoms with Crippen LogP contribution in [0.2, 0.25) is 0 Å². The zero-order chi connectivity index (χ0) is 10.8. The van der Waals surface area contributed by atoms with Gasteiger partial charge in [-0.1, -0.05) is 35.0 Å². The van der Waals surface area contributed by atoms with Gasteiger partial charge < -0.3 is 9.88 Å². The van der Waals surface area contributed by atoms with Gasteiger partial charge in [0, 0.05) is 18.4 Å². The molecular weight excluding hydrogens is 254 g/mol. The van der Waals surface area contributed by atoms with E-state index in [0.717, 1.165) is 23.5 Å². The third-order valence-corrected chi connectivity index (χ3v) is 2.55. The number of para-hydroxylation sites is 2. The number of rotatable bonds is 3. The molecule has 0 spiro atoms. The number of benzene rings is 1. The third-order valence-electron chi connectivity index (χ3n) is 2.26. The molecule has 1 atom stereocenters. The first-order chi connectivity index (χ1) is 7.16. The van der Waals surface area contributed by atoms with Crippen molar-refractivity contribution in [3.8, 4) is 0 Å². The summed E-state index contributed by atoms with van der Waals surface area (Å²) in [5, 5.41) is 0. The average Bonchev–Trinajstić information content (AvgIpc) is 2.59. The highest BCUT2D eigenvalue weighted by molar-refractivity contribution is 9.09. The molecule has 0 bridgehead atoms. The number of imidazole rings is 1. The molecule has 0 saturated carbocycles. The molecule has 1 aromatic carbocycles. The van der Waals surface area contributed by atoms with Gasteiger partial charge in [0.05, 0.1) is 11.0 Å². The molecule has 3 nitrogen and oxygen atoms in total. The third kappa shape index (κ3) is 2.31. The van der Waals surface area contributed by atoms with Crippen molar-refractivity contribution in [2.45, 2.75) is 11.8 Å². The Bertz CT molecular complexity index is 417. The minimum Gasteiger partial charge on any atom is -0.344 e. The molecule has 0 aliphatic carbocycles. The van der Waals surface area contributed by atoms with Crippen molar-refractivity contribution in [1.82, 2.24) is 9.97 Å². The molecule has 4 heteroatoms. The van der Waals surface area contributed by atoms with Crippen molar-refractivity contribution in [2.24, 2.45) is 0 Å². The number of alkyl halides is 1. The Morgan fingerprint density at radius 1 is 1.47 bits per heavy atom. The fourth-order valence-corrected chi connectivity index (χ4v) is 2.02. The molecule has 2 rings (SSSR count). The highest BCUT2D eigenvalue weighted by Crippen LogP contribution is 2.16. The minimum absolute atomic E-state index is 0.454. The molecule has 1 N–H and O–H groups in total. The minimum atomic E-state index is 0.454. The van der Waals surface area contributed by atoms with Gasteiger partial charge in [-0.05, 0) is 12.1 Å². The Hall–Kier alpha value is -1.03. The molecule has 0 saturated heterocycles. The average molecular weight is 268 g/mol. The molecule has 1 heterocycles. The predicted octanol–water partition coefficient (Wildman–Crippen LogP) is 2.78. The van der Waals surface area contributed by atoms with Crippen molar-refractivity contribution in [2.75, 3.05) is 18.5 Å². The van der Waals surface area contributed by atoms with Gasteiger partial charge in [0.1, 0.15) is 0 Å². The molecule has 1 unspecified atom stereocenters. The van der Waals surface area contributed by atoms with Gasteiger partial charge in [0.25, 0.3) is 0 Å². The van der Waals surface area contributed by atoms with E-state index in [-0.39, 0.29) is 0 Å². The van der Waals surface area contributed by atoms with Crippen LogP contribution in [0.15, 0.2) is 24.3 Å². The van der Waals surface area contributed by atoms with Crippen LogP contribution in [0, 0.1) is 0 Å². The topological polar surface area (TPSA) is 31.9 Å². The maximum absolute atomic E-state index is 4.52. The van der Waals surface area contributed by atoms with Crippen LogP contribution in [-0.4, -0.2) is 28.4 Å². The standard InChI is InChI=1S/C11H14BrN3/c1-8(12)7-15(2)11-13-9-5-3-4-6-10(9)14-11/h3-6,8H,7H2,1-2H3,(H,13,14). The summed E-state index contributed by atoms with van der Waals surface area (Å²) >= 11 is 3.53. The number of H-pyrrole nitrogens is 1. The summed E-state index contributed by atoms with van der Waals surface area (Å²) in [6.07, 6.45) is 0. The first kappa shape index (κ1) is 10.5. The summed E-state index contributed by atoms with van der Waals surface area (Å²) in [5.41, 5.74) is 2.10. The van der Waals surface area contributed by atoms with Gasteiger partial charge in [-0.2, -0.15) is 0 Å². The molecule has 0 amide bonds. The van der Waals surface area contributed by atoms with E-state index >= 15 is 0 Å². The van der Waals surface area contributed by atoms with Crippen LogP contribution < -0.4 is 4.90 Å². The lowest BCUT2D eigenvalue weighted by Gasteiger charge is -2.16. The van der Waals surface area contributed by atoms with E-state index < -0.39 is 0 Å². The van der Waals surface area contributed by atoms with Crippen molar-refractivity contribution >= 4 is 32.9 Å². The second-order valence-corrected chi connectivity index (χ2v) is 5.30. The molecule has 0 radical (unpaired) electrons.